The number of fused-ring (bicyclic) bond motifs is 1. The number of aliphatic carboxylic acids is 1. The number of carboxylic acid groups (broad SMARTS) is 1. The SMILES string of the molecule is Cc1c(/C=C(\Sc2n[nH]c(-c3ccc(Cl)cc3)n2)C(=O)O)c2ccccc2n1Cc1ccccc1F. The molecule has 0 aliphatic heterocycles. The van der Waals surface area contributed by atoms with E-state index in [0.29, 0.717) is 23.0 Å². The molecule has 0 spiro atoms. The highest BCUT2D eigenvalue weighted by Crippen LogP contribution is 2.33. The van der Waals surface area contributed by atoms with Gasteiger partial charge in [0.15, 0.2) is 5.82 Å². The van der Waals surface area contributed by atoms with Gasteiger partial charge in [-0.3, -0.25) is 5.10 Å². The quantitative estimate of drug-likeness (QED) is 0.183. The van der Waals surface area contributed by atoms with Crippen LogP contribution in [-0.4, -0.2) is 30.8 Å². The third-order valence-corrected chi connectivity index (χ3v) is 6.97. The summed E-state index contributed by atoms with van der Waals surface area (Å²) in [5.41, 5.74) is 3.81. The highest BCUT2D eigenvalue weighted by Gasteiger charge is 2.19. The molecule has 0 bridgehead atoms. The van der Waals surface area contributed by atoms with Gasteiger partial charge in [0, 0.05) is 38.3 Å². The predicted octanol–water partition coefficient (Wildman–Crippen LogP) is 6.79. The molecule has 2 aromatic heterocycles. The maximum absolute atomic E-state index is 14.4. The lowest BCUT2D eigenvalue weighted by Crippen LogP contribution is -2.04. The molecule has 0 aliphatic carbocycles. The van der Waals surface area contributed by atoms with Crippen LogP contribution in [0.2, 0.25) is 5.02 Å². The van der Waals surface area contributed by atoms with E-state index >= 15 is 0 Å². The van der Waals surface area contributed by atoms with Crippen molar-refractivity contribution in [2.45, 2.75) is 18.6 Å². The summed E-state index contributed by atoms with van der Waals surface area (Å²) in [4.78, 5) is 16.7. The summed E-state index contributed by atoms with van der Waals surface area (Å²) in [5.74, 6) is -0.866. The summed E-state index contributed by atoms with van der Waals surface area (Å²) in [6.45, 7) is 2.23. The molecule has 5 aromatic rings. The minimum absolute atomic E-state index is 0.0635. The lowest BCUT2D eigenvalue weighted by Gasteiger charge is -2.09. The summed E-state index contributed by atoms with van der Waals surface area (Å²) >= 11 is 6.91. The Morgan fingerprint density at radius 1 is 1.11 bits per heavy atom. The monoisotopic (exact) mass is 518 g/mol. The van der Waals surface area contributed by atoms with Crippen molar-refractivity contribution in [2.24, 2.45) is 0 Å². The van der Waals surface area contributed by atoms with Crippen molar-refractivity contribution >= 4 is 46.3 Å². The van der Waals surface area contributed by atoms with Crippen LogP contribution in [0.5, 0.6) is 0 Å². The average Bonchev–Trinajstić information content (AvgIpc) is 3.44. The molecule has 0 amide bonds. The number of hydrogen-bond acceptors (Lipinski definition) is 4. The molecule has 6 nitrogen and oxygen atoms in total. The third-order valence-electron chi connectivity index (χ3n) is 5.84. The van der Waals surface area contributed by atoms with Crippen molar-refractivity contribution in [3.8, 4) is 11.4 Å². The molecule has 0 atom stereocenters. The fraction of sp³-hybridized carbons (Fsp3) is 0.0741. The van der Waals surface area contributed by atoms with Gasteiger partial charge in [0.05, 0.1) is 6.54 Å². The fourth-order valence-corrected chi connectivity index (χ4v) is 4.85. The number of para-hydroxylation sites is 1. The number of carbonyl (C=O) groups is 1. The van der Waals surface area contributed by atoms with Crippen LogP contribution in [0.25, 0.3) is 28.4 Å². The lowest BCUT2D eigenvalue weighted by molar-refractivity contribution is -0.131. The van der Waals surface area contributed by atoms with E-state index in [2.05, 4.69) is 15.2 Å². The van der Waals surface area contributed by atoms with Gasteiger partial charge in [-0.2, -0.15) is 0 Å². The number of carboxylic acids is 1. The smallest absolute Gasteiger partial charge is 0.342 e. The molecular weight excluding hydrogens is 499 g/mol. The third kappa shape index (κ3) is 4.78. The Balaban J connectivity index is 1.52. The number of hydrogen-bond donors (Lipinski definition) is 2. The van der Waals surface area contributed by atoms with Crippen LogP contribution in [0.4, 0.5) is 4.39 Å². The summed E-state index contributed by atoms with van der Waals surface area (Å²) in [7, 11) is 0. The zero-order chi connectivity index (χ0) is 25.2. The summed E-state index contributed by atoms with van der Waals surface area (Å²) in [6, 6.07) is 21.4. The van der Waals surface area contributed by atoms with Gasteiger partial charge in [-0.05, 0) is 61.2 Å². The molecule has 0 radical (unpaired) electrons. The van der Waals surface area contributed by atoms with Gasteiger partial charge in [-0.1, -0.05) is 48.0 Å². The maximum Gasteiger partial charge on any atom is 0.342 e. The van der Waals surface area contributed by atoms with E-state index in [1.807, 2.05) is 35.8 Å². The van der Waals surface area contributed by atoms with E-state index in [9.17, 15) is 14.3 Å². The summed E-state index contributed by atoms with van der Waals surface area (Å²) in [6.07, 6.45) is 1.63. The fourth-order valence-electron chi connectivity index (χ4n) is 4.03. The minimum atomic E-state index is -1.09. The van der Waals surface area contributed by atoms with E-state index in [4.69, 9.17) is 11.6 Å². The Hall–Kier alpha value is -3.88. The maximum atomic E-state index is 14.4. The molecule has 2 heterocycles. The molecule has 0 saturated heterocycles. The molecular formula is C27H20ClFN4O2S. The van der Waals surface area contributed by atoms with Crippen LogP contribution in [0.15, 0.2) is 82.9 Å². The van der Waals surface area contributed by atoms with Crippen molar-refractivity contribution in [2.75, 3.05) is 0 Å². The molecule has 9 heteroatoms. The number of aromatic nitrogens is 4. The van der Waals surface area contributed by atoms with Crippen molar-refractivity contribution in [1.82, 2.24) is 19.7 Å². The van der Waals surface area contributed by atoms with Crippen molar-refractivity contribution in [3.63, 3.8) is 0 Å². The molecule has 0 saturated carbocycles. The van der Waals surface area contributed by atoms with Crippen molar-refractivity contribution in [1.29, 1.82) is 0 Å². The second-order valence-corrected chi connectivity index (χ2v) is 9.53. The summed E-state index contributed by atoms with van der Waals surface area (Å²) < 4.78 is 16.4. The first-order chi connectivity index (χ1) is 17.4. The van der Waals surface area contributed by atoms with Crippen molar-refractivity contribution in [3.05, 3.63) is 105 Å². The average molecular weight is 519 g/mol. The number of aromatic amines is 1. The molecule has 0 unspecified atom stereocenters. The Morgan fingerprint density at radius 2 is 1.83 bits per heavy atom. The largest absolute Gasteiger partial charge is 0.477 e. The Morgan fingerprint density at radius 3 is 2.58 bits per heavy atom. The number of benzene rings is 3. The summed E-state index contributed by atoms with van der Waals surface area (Å²) in [5, 5.41) is 18.7. The van der Waals surface area contributed by atoms with Crippen LogP contribution < -0.4 is 0 Å². The first kappa shape index (κ1) is 23.8. The first-order valence-corrected chi connectivity index (χ1v) is 12.2. The molecule has 0 aliphatic rings. The van der Waals surface area contributed by atoms with E-state index in [-0.39, 0.29) is 15.9 Å². The number of nitrogens with one attached hydrogen (secondary N) is 1. The van der Waals surface area contributed by atoms with Gasteiger partial charge in [-0.25, -0.2) is 14.2 Å². The standard InChI is InChI=1S/C27H20ClFN4O2S/c1-16-21(20-7-3-5-9-23(20)33(16)15-18-6-2-4-8-22(18)29)14-24(26(34)35)36-27-30-25(31-32-27)17-10-12-19(28)13-11-17/h2-14H,15H2,1H3,(H,34,35)(H,30,31,32)/b24-14-. The highest BCUT2D eigenvalue weighted by atomic mass is 35.5. The van der Waals surface area contributed by atoms with E-state index in [1.54, 1.807) is 48.5 Å². The van der Waals surface area contributed by atoms with Crippen LogP contribution >= 0.6 is 23.4 Å². The molecule has 2 N–H and O–H groups in total. The number of H-pyrrole nitrogens is 1. The normalized spacial score (nSPS) is 11.8. The van der Waals surface area contributed by atoms with Gasteiger partial charge >= 0.3 is 5.97 Å². The predicted molar refractivity (Wildman–Crippen MR) is 140 cm³/mol. The van der Waals surface area contributed by atoms with Crippen LogP contribution in [0.1, 0.15) is 16.8 Å². The zero-order valence-electron chi connectivity index (χ0n) is 19.1. The van der Waals surface area contributed by atoms with Crippen LogP contribution in [0, 0.1) is 12.7 Å². The van der Waals surface area contributed by atoms with Gasteiger partial charge in [0.2, 0.25) is 5.16 Å². The molecule has 180 valence electrons. The number of thioether (sulfide) groups is 1. The zero-order valence-corrected chi connectivity index (χ0v) is 20.6. The second-order valence-electron chi connectivity index (χ2n) is 8.08. The second kappa shape index (κ2) is 10.0. The van der Waals surface area contributed by atoms with Crippen LogP contribution in [-0.2, 0) is 11.3 Å². The molecule has 0 fully saturated rings. The number of nitrogens with zero attached hydrogens (tertiary/aromatic N) is 3. The van der Waals surface area contributed by atoms with E-state index in [1.165, 1.54) is 6.07 Å². The van der Waals surface area contributed by atoms with Crippen LogP contribution in [0.3, 0.4) is 0 Å². The van der Waals surface area contributed by atoms with E-state index in [0.717, 1.165) is 39.5 Å². The van der Waals surface area contributed by atoms with Gasteiger partial charge < -0.3 is 9.67 Å². The number of rotatable bonds is 7. The molecule has 3 aromatic carbocycles. The van der Waals surface area contributed by atoms with Gasteiger partial charge in [-0.15, -0.1) is 5.10 Å². The topological polar surface area (TPSA) is 83.8 Å². The Labute approximate surface area is 215 Å². The Bertz CT molecular complexity index is 1610. The first-order valence-electron chi connectivity index (χ1n) is 11.0. The van der Waals surface area contributed by atoms with Gasteiger partial charge in [0.1, 0.15) is 10.7 Å². The minimum Gasteiger partial charge on any atom is -0.477 e. The lowest BCUT2D eigenvalue weighted by atomic mass is 10.1. The highest BCUT2D eigenvalue weighted by molar-refractivity contribution is 8.04. The molecule has 5 rings (SSSR count). The molecule has 36 heavy (non-hydrogen) atoms. The number of halogens is 2. The van der Waals surface area contributed by atoms with E-state index < -0.39 is 5.97 Å². The van der Waals surface area contributed by atoms with Crippen molar-refractivity contribution < 1.29 is 14.3 Å². The Kier molecular flexibility index (Phi) is 6.63. The van der Waals surface area contributed by atoms with Gasteiger partial charge in [0.25, 0.3) is 0 Å².